The van der Waals surface area contributed by atoms with Crippen LogP contribution in [-0.4, -0.2) is 41.4 Å². The van der Waals surface area contributed by atoms with Crippen molar-refractivity contribution in [3.8, 4) is 11.6 Å². The van der Waals surface area contributed by atoms with Crippen molar-refractivity contribution in [2.24, 2.45) is 0 Å². The number of halogens is 2. The van der Waals surface area contributed by atoms with Crippen LogP contribution in [0.2, 0.25) is 5.02 Å². The number of pyridine rings is 1. The third-order valence-corrected chi connectivity index (χ3v) is 5.00. The summed E-state index contributed by atoms with van der Waals surface area (Å²) in [6, 6.07) is 13.7. The molecule has 2 aromatic heterocycles. The number of nitrogens with one attached hydrogen (secondary N) is 2. The van der Waals surface area contributed by atoms with Gasteiger partial charge in [0.2, 0.25) is 5.88 Å². The quantitative estimate of drug-likeness (QED) is 0.347. The molecule has 2 N–H and O–H groups in total. The number of rotatable bonds is 9. The molecule has 4 rings (SSSR count). The first kappa shape index (κ1) is 22.5. The lowest BCUT2D eigenvalue weighted by Crippen LogP contribution is -2.15. The molecular weight excluding hydrogens is 451 g/mol. The monoisotopic (exact) mass is 470 g/mol. The fourth-order valence-corrected chi connectivity index (χ4v) is 3.29. The van der Waals surface area contributed by atoms with E-state index in [0.717, 1.165) is 5.56 Å². The van der Waals surface area contributed by atoms with Crippen molar-refractivity contribution in [1.82, 2.24) is 15.2 Å². The van der Waals surface area contributed by atoms with E-state index in [0.29, 0.717) is 35.8 Å². The van der Waals surface area contributed by atoms with Gasteiger partial charge < -0.3 is 19.5 Å². The summed E-state index contributed by atoms with van der Waals surface area (Å²) < 4.78 is 31.2. The summed E-state index contributed by atoms with van der Waals surface area (Å²) in [4.78, 5) is 17.1. The van der Waals surface area contributed by atoms with Gasteiger partial charge in [0.1, 0.15) is 13.2 Å². The fourth-order valence-electron chi connectivity index (χ4n) is 3.06. The highest BCUT2D eigenvalue weighted by molar-refractivity contribution is 6.34. The predicted octanol–water partition coefficient (Wildman–Crippen LogP) is 4.61. The molecule has 0 atom stereocenters. The number of H-pyrrole nitrogens is 1. The van der Waals surface area contributed by atoms with Crippen molar-refractivity contribution in [3.05, 3.63) is 76.7 Å². The number of carbonyl (C=O) groups excluding carboxylic acids is 1. The van der Waals surface area contributed by atoms with Crippen molar-refractivity contribution in [3.63, 3.8) is 0 Å². The maximum absolute atomic E-state index is 15.1. The molecule has 10 heteroatoms. The molecule has 2 aromatic carbocycles. The van der Waals surface area contributed by atoms with E-state index in [4.69, 9.17) is 25.8 Å². The van der Waals surface area contributed by atoms with Crippen molar-refractivity contribution < 1.29 is 23.4 Å². The predicted molar refractivity (Wildman–Crippen MR) is 121 cm³/mol. The Kier molecular flexibility index (Phi) is 7.01. The number of methoxy groups -OCH3 is 1. The SMILES string of the molecule is COCCOc1n[nH]c2ncc(NC(=O)c3c(Cl)ccc(OCc4ccccc4)c3F)cc12. The van der Waals surface area contributed by atoms with Crippen LogP contribution in [-0.2, 0) is 11.3 Å². The molecule has 0 saturated carbocycles. The van der Waals surface area contributed by atoms with Gasteiger partial charge in [0, 0.05) is 7.11 Å². The third kappa shape index (κ3) is 5.21. The maximum atomic E-state index is 15.1. The number of fused-ring (bicyclic) bond motifs is 1. The van der Waals surface area contributed by atoms with E-state index >= 15 is 4.39 Å². The molecule has 0 spiro atoms. The smallest absolute Gasteiger partial charge is 0.260 e. The molecule has 33 heavy (non-hydrogen) atoms. The van der Waals surface area contributed by atoms with Gasteiger partial charge in [-0.15, -0.1) is 5.10 Å². The van der Waals surface area contributed by atoms with Crippen LogP contribution < -0.4 is 14.8 Å². The number of carbonyl (C=O) groups is 1. The van der Waals surface area contributed by atoms with E-state index in [2.05, 4.69) is 20.5 Å². The van der Waals surface area contributed by atoms with Gasteiger partial charge in [0.15, 0.2) is 17.2 Å². The first-order chi connectivity index (χ1) is 16.1. The van der Waals surface area contributed by atoms with Gasteiger partial charge in [-0.1, -0.05) is 41.9 Å². The minimum atomic E-state index is -0.850. The second kappa shape index (κ2) is 10.3. The molecule has 0 aliphatic carbocycles. The Balaban J connectivity index is 1.53. The summed E-state index contributed by atoms with van der Waals surface area (Å²) in [5.74, 6) is -1.36. The number of aromatic amines is 1. The molecule has 0 radical (unpaired) electrons. The summed E-state index contributed by atoms with van der Waals surface area (Å²) in [6.45, 7) is 0.829. The second-order valence-corrected chi connectivity index (χ2v) is 7.36. The van der Waals surface area contributed by atoms with Crippen molar-refractivity contribution >= 4 is 34.2 Å². The van der Waals surface area contributed by atoms with Gasteiger partial charge in [-0.25, -0.2) is 9.37 Å². The van der Waals surface area contributed by atoms with Crippen LogP contribution >= 0.6 is 11.6 Å². The number of amides is 1. The molecule has 1 amide bonds. The highest BCUT2D eigenvalue weighted by Crippen LogP contribution is 2.30. The van der Waals surface area contributed by atoms with E-state index in [1.54, 1.807) is 13.2 Å². The van der Waals surface area contributed by atoms with Crippen LogP contribution in [0.1, 0.15) is 15.9 Å². The Hall–Kier alpha value is -3.69. The van der Waals surface area contributed by atoms with Gasteiger partial charge in [-0.05, 0) is 23.8 Å². The molecule has 0 unspecified atom stereocenters. The normalized spacial score (nSPS) is 10.9. The number of ether oxygens (including phenoxy) is 3. The zero-order valence-electron chi connectivity index (χ0n) is 17.6. The molecule has 0 aliphatic rings. The number of nitrogens with zero attached hydrogens (tertiary/aromatic N) is 2. The summed E-state index contributed by atoms with van der Waals surface area (Å²) >= 11 is 6.13. The lowest BCUT2D eigenvalue weighted by molar-refractivity contribution is 0.102. The maximum Gasteiger partial charge on any atom is 0.260 e. The van der Waals surface area contributed by atoms with Crippen LogP contribution in [0.15, 0.2) is 54.7 Å². The average Bonchev–Trinajstić information content (AvgIpc) is 3.22. The molecule has 0 saturated heterocycles. The van der Waals surface area contributed by atoms with E-state index in [1.807, 2.05) is 30.3 Å². The molecule has 0 bridgehead atoms. The van der Waals surface area contributed by atoms with Gasteiger partial charge in [0.25, 0.3) is 5.91 Å². The molecule has 8 nitrogen and oxygen atoms in total. The zero-order valence-corrected chi connectivity index (χ0v) is 18.4. The Labute approximate surface area is 193 Å². The van der Waals surface area contributed by atoms with Crippen molar-refractivity contribution in [2.45, 2.75) is 6.61 Å². The molecule has 0 aliphatic heterocycles. The van der Waals surface area contributed by atoms with Crippen LogP contribution in [0.4, 0.5) is 10.1 Å². The van der Waals surface area contributed by atoms with Crippen molar-refractivity contribution in [1.29, 1.82) is 0 Å². The standard InChI is InChI=1S/C23H20ClFN4O4/c1-31-9-10-32-23-16-11-15(12-26-21(16)28-29-23)27-22(30)19-17(24)7-8-18(20(19)25)33-13-14-5-3-2-4-6-14/h2-8,11-12H,9-10,13H2,1H3,(H,27,30)(H,26,28,29). The van der Waals surface area contributed by atoms with Crippen molar-refractivity contribution in [2.75, 3.05) is 25.6 Å². The number of anilines is 1. The number of hydrogen-bond donors (Lipinski definition) is 2. The van der Waals surface area contributed by atoms with Gasteiger partial charge in [0.05, 0.1) is 34.5 Å². The highest BCUT2D eigenvalue weighted by Gasteiger charge is 2.21. The molecule has 170 valence electrons. The van der Waals surface area contributed by atoms with Crippen LogP contribution in [0.3, 0.4) is 0 Å². The fraction of sp³-hybridized carbons (Fsp3) is 0.174. The lowest BCUT2D eigenvalue weighted by Gasteiger charge is -2.12. The van der Waals surface area contributed by atoms with Gasteiger partial charge in [-0.2, -0.15) is 0 Å². The van der Waals surface area contributed by atoms with Crippen LogP contribution in [0.5, 0.6) is 11.6 Å². The van der Waals surface area contributed by atoms with E-state index in [1.165, 1.54) is 18.3 Å². The molecule has 4 aromatic rings. The highest BCUT2D eigenvalue weighted by atomic mass is 35.5. The number of benzene rings is 2. The Morgan fingerprint density at radius 2 is 1.97 bits per heavy atom. The Morgan fingerprint density at radius 1 is 1.15 bits per heavy atom. The Morgan fingerprint density at radius 3 is 2.76 bits per heavy atom. The zero-order chi connectivity index (χ0) is 23.2. The first-order valence-corrected chi connectivity index (χ1v) is 10.4. The summed E-state index contributed by atoms with van der Waals surface area (Å²) in [6.07, 6.45) is 1.42. The second-order valence-electron chi connectivity index (χ2n) is 6.95. The minimum absolute atomic E-state index is 0.0435. The molecule has 0 fully saturated rings. The summed E-state index contributed by atoms with van der Waals surface area (Å²) in [5.41, 5.74) is 1.32. The largest absolute Gasteiger partial charge is 0.486 e. The van der Waals surface area contributed by atoms with E-state index < -0.39 is 11.7 Å². The third-order valence-electron chi connectivity index (χ3n) is 4.69. The van der Waals surface area contributed by atoms with Gasteiger partial charge >= 0.3 is 0 Å². The first-order valence-electron chi connectivity index (χ1n) is 9.98. The average molecular weight is 471 g/mol. The van der Waals surface area contributed by atoms with Gasteiger partial charge in [-0.3, -0.25) is 9.89 Å². The molecular formula is C23H20ClFN4O4. The van der Waals surface area contributed by atoms with E-state index in [-0.39, 0.29) is 22.9 Å². The van der Waals surface area contributed by atoms with Crippen LogP contribution in [0.25, 0.3) is 11.0 Å². The summed E-state index contributed by atoms with van der Waals surface area (Å²) in [5, 5.41) is 9.92. The summed E-state index contributed by atoms with van der Waals surface area (Å²) in [7, 11) is 1.56. The topological polar surface area (TPSA) is 98.4 Å². The minimum Gasteiger partial charge on any atom is -0.486 e. The number of hydrogen-bond acceptors (Lipinski definition) is 6. The van der Waals surface area contributed by atoms with Crippen LogP contribution in [0, 0.1) is 5.82 Å². The lowest BCUT2D eigenvalue weighted by atomic mass is 10.1. The van der Waals surface area contributed by atoms with E-state index in [9.17, 15) is 4.79 Å². The molecule has 2 heterocycles. The Bertz CT molecular complexity index is 1270. The number of aromatic nitrogens is 3.